The molecule has 2 aliphatic rings. The molecule has 2 fully saturated rings. The summed E-state index contributed by atoms with van der Waals surface area (Å²) < 4.78 is 1.62. The minimum absolute atomic E-state index is 0.0420. The average molecular weight is 399 g/mol. The summed E-state index contributed by atoms with van der Waals surface area (Å²) in [5.41, 5.74) is 0.929. The lowest BCUT2D eigenvalue weighted by atomic mass is 10.1. The topological polar surface area (TPSA) is 125 Å². The first-order valence-corrected chi connectivity index (χ1v) is 9.68. The number of carbonyl (C=O) groups is 1. The highest BCUT2D eigenvalue weighted by molar-refractivity contribution is 8.01. The zero-order chi connectivity index (χ0) is 18.4. The minimum Gasteiger partial charge on any atom is -0.389 e. The fourth-order valence-electron chi connectivity index (χ4n) is 3.02. The third-order valence-corrected chi connectivity index (χ3v) is 6.40. The van der Waals surface area contributed by atoms with Crippen LogP contribution in [0.25, 0.3) is 11.2 Å². The highest BCUT2D eigenvalue weighted by Gasteiger charge is 2.47. The SMILES string of the molecule is CNc1nc(Cl)nc2c1ncn2[C@@H]1S[C@H](C(=O)NCC2CC2)[C@@H](O)[C@H]1O. The molecule has 0 bridgehead atoms. The smallest absolute Gasteiger partial charge is 0.235 e. The number of hydrogen-bond acceptors (Lipinski definition) is 8. The highest BCUT2D eigenvalue weighted by Crippen LogP contribution is 2.43. The van der Waals surface area contributed by atoms with Crippen LogP contribution in [0.1, 0.15) is 18.2 Å². The molecule has 1 saturated heterocycles. The molecule has 4 N–H and O–H groups in total. The van der Waals surface area contributed by atoms with Gasteiger partial charge in [-0.2, -0.15) is 9.97 Å². The van der Waals surface area contributed by atoms with Crippen molar-refractivity contribution in [2.75, 3.05) is 18.9 Å². The molecular formula is C15H19ClN6O3S. The second-order valence-corrected chi connectivity index (χ2v) is 8.13. The molecule has 0 aromatic carbocycles. The van der Waals surface area contributed by atoms with Gasteiger partial charge in [-0.1, -0.05) is 0 Å². The number of thioether (sulfide) groups is 1. The van der Waals surface area contributed by atoms with Crippen molar-refractivity contribution in [2.24, 2.45) is 5.92 Å². The molecule has 2 aromatic heterocycles. The largest absolute Gasteiger partial charge is 0.389 e. The summed E-state index contributed by atoms with van der Waals surface area (Å²) in [5.74, 6) is 0.749. The maximum Gasteiger partial charge on any atom is 0.235 e. The Balaban J connectivity index is 1.60. The zero-order valence-corrected chi connectivity index (χ0v) is 15.5. The van der Waals surface area contributed by atoms with Crippen molar-refractivity contribution >= 4 is 46.3 Å². The van der Waals surface area contributed by atoms with Crippen molar-refractivity contribution in [2.45, 2.75) is 35.7 Å². The van der Waals surface area contributed by atoms with Crippen molar-refractivity contribution in [1.82, 2.24) is 24.8 Å². The lowest BCUT2D eigenvalue weighted by Gasteiger charge is -2.17. The number of hydrogen-bond donors (Lipinski definition) is 4. The van der Waals surface area contributed by atoms with E-state index >= 15 is 0 Å². The number of aliphatic hydroxyl groups excluding tert-OH is 2. The summed E-state index contributed by atoms with van der Waals surface area (Å²) >= 11 is 7.16. The standard InChI is InChI=1S/C15H19ClN6O3S/c1-17-11-7-12(21-15(16)20-11)22(5-19-7)14-9(24)8(23)10(26-14)13(25)18-4-6-2-3-6/h5-6,8-10,14,23-24H,2-4H2,1H3,(H,18,25)(H,17,20,21)/t8-,9+,10-,14+/m0/s1. The highest BCUT2D eigenvalue weighted by atomic mass is 35.5. The van der Waals surface area contributed by atoms with Crippen LogP contribution in [0.2, 0.25) is 5.28 Å². The van der Waals surface area contributed by atoms with Gasteiger partial charge >= 0.3 is 0 Å². The normalized spacial score (nSPS) is 28.5. The summed E-state index contributed by atoms with van der Waals surface area (Å²) in [5, 5.41) is 25.3. The molecular weight excluding hydrogens is 380 g/mol. The fraction of sp³-hybridized carbons (Fsp3) is 0.600. The van der Waals surface area contributed by atoms with E-state index in [-0.39, 0.29) is 11.2 Å². The molecule has 1 saturated carbocycles. The number of nitrogens with one attached hydrogen (secondary N) is 2. The van der Waals surface area contributed by atoms with E-state index in [0.29, 0.717) is 29.4 Å². The van der Waals surface area contributed by atoms with Crippen molar-refractivity contribution in [1.29, 1.82) is 0 Å². The molecule has 26 heavy (non-hydrogen) atoms. The number of imidazole rings is 1. The lowest BCUT2D eigenvalue weighted by Crippen LogP contribution is -2.41. The number of halogens is 1. The maximum absolute atomic E-state index is 12.4. The second-order valence-electron chi connectivity index (χ2n) is 6.53. The van der Waals surface area contributed by atoms with Gasteiger partial charge in [0.2, 0.25) is 11.2 Å². The zero-order valence-electron chi connectivity index (χ0n) is 14.0. The van der Waals surface area contributed by atoms with E-state index in [1.165, 1.54) is 18.1 Å². The number of aliphatic hydroxyl groups is 2. The van der Waals surface area contributed by atoms with Crippen molar-refractivity contribution in [3.63, 3.8) is 0 Å². The Labute approximate surface area is 158 Å². The van der Waals surface area contributed by atoms with Crippen LogP contribution in [0.15, 0.2) is 6.33 Å². The molecule has 1 amide bonds. The van der Waals surface area contributed by atoms with Crippen LogP contribution in [0.5, 0.6) is 0 Å². The second kappa shape index (κ2) is 6.84. The Hall–Kier alpha value is -1.62. The van der Waals surface area contributed by atoms with E-state index in [1.54, 1.807) is 11.6 Å². The molecule has 11 heteroatoms. The van der Waals surface area contributed by atoms with Crippen molar-refractivity contribution < 1.29 is 15.0 Å². The summed E-state index contributed by atoms with van der Waals surface area (Å²) in [6.45, 7) is 0.617. The van der Waals surface area contributed by atoms with E-state index in [2.05, 4.69) is 25.6 Å². The molecule has 9 nitrogen and oxygen atoms in total. The van der Waals surface area contributed by atoms with E-state index in [1.807, 2.05) is 0 Å². The quantitative estimate of drug-likeness (QED) is 0.533. The van der Waals surface area contributed by atoms with Gasteiger partial charge in [-0.3, -0.25) is 9.36 Å². The summed E-state index contributed by atoms with van der Waals surface area (Å²) in [6.07, 6.45) is 1.44. The first-order chi connectivity index (χ1) is 12.5. The number of carbonyl (C=O) groups excluding carboxylic acids is 1. The predicted molar refractivity (Wildman–Crippen MR) is 98.0 cm³/mol. The maximum atomic E-state index is 12.4. The number of amides is 1. The van der Waals surface area contributed by atoms with Crippen LogP contribution >= 0.6 is 23.4 Å². The summed E-state index contributed by atoms with van der Waals surface area (Å²) in [6, 6.07) is 0. The van der Waals surface area contributed by atoms with Crippen LogP contribution in [-0.4, -0.2) is 66.7 Å². The van der Waals surface area contributed by atoms with Gasteiger partial charge in [0.05, 0.1) is 6.33 Å². The van der Waals surface area contributed by atoms with Crippen LogP contribution in [0.4, 0.5) is 5.82 Å². The van der Waals surface area contributed by atoms with E-state index in [9.17, 15) is 15.0 Å². The Morgan fingerprint density at radius 2 is 2.15 bits per heavy atom. The monoisotopic (exact) mass is 398 g/mol. The Bertz CT molecular complexity index is 844. The summed E-state index contributed by atoms with van der Waals surface area (Å²) in [7, 11) is 1.69. The van der Waals surface area contributed by atoms with Gasteiger partial charge in [-0.05, 0) is 30.4 Å². The molecule has 1 aliphatic carbocycles. The third-order valence-electron chi connectivity index (χ3n) is 4.66. The molecule has 0 spiro atoms. The van der Waals surface area contributed by atoms with Crippen molar-refractivity contribution in [3.8, 4) is 0 Å². The molecule has 140 valence electrons. The van der Waals surface area contributed by atoms with Gasteiger partial charge in [0, 0.05) is 13.6 Å². The number of aromatic nitrogens is 4. The lowest BCUT2D eigenvalue weighted by molar-refractivity contribution is -0.123. The van der Waals surface area contributed by atoms with Gasteiger partial charge in [0.25, 0.3) is 0 Å². The van der Waals surface area contributed by atoms with Gasteiger partial charge in [-0.15, -0.1) is 11.8 Å². The number of anilines is 1. The molecule has 4 rings (SSSR count). The molecule has 1 aliphatic heterocycles. The Morgan fingerprint density at radius 1 is 1.38 bits per heavy atom. The van der Waals surface area contributed by atoms with Gasteiger partial charge in [-0.25, -0.2) is 4.98 Å². The molecule has 0 unspecified atom stereocenters. The van der Waals surface area contributed by atoms with Gasteiger partial charge in [0.15, 0.2) is 17.0 Å². The number of fused-ring (bicyclic) bond motifs is 1. The summed E-state index contributed by atoms with van der Waals surface area (Å²) in [4.78, 5) is 24.9. The van der Waals surface area contributed by atoms with E-state index in [4.69, 9.17) is 11.6 Å². The van der Waals surface area contributed by atoms with Crippen LogP contribution in [-0.2, 0) is 4.79 Å². The third kappa shape index (κ3) is 3.11. The molecule has 2 aromatic rings. The molecule has 0 radical (unpaired) electrons. The first-order valence-electron chi connectivity index (χ1n) is 8.36. The van der Waals surface area contributed by atoms with Crippen LogP contribution in [0, 0.1) is 5.92 Å². The van der Waals surface area contributed by atoms with E-state index < -0.39 is 22.8 Å². The predicted octanol–water partition coefficient (Wildman–Crippen LogP) is 0.383. The van der Waals surface area contributed by atoms with Crippen molar-refractivity contribution in [3.05, 3.63) is 11.6 Å². The molecule has 3 heterocycles. The first kappa shape index (κ1) is 17.8. The number of nitrogens with zero attached hydrogens (tertiary/aromatic N) is 4. The van der Waals surface area contributed by atoms with Gasteiger partial charge < -0.3 is 20.8 Å². The molecule has 4 atom stereocenters. The van der Waals surface area contributed by atoms with E-state index in [0.717, 1.165) is 12.8 Å². The Kier molecular flexibility index (Phi) is 4.68. The van der Waals surface area contributed by atoms with Crippen LogP contribution in [0.3, 0.4) is 0 Å². The number of rotatable bonds is 5. The Morgan fingerprint density at radius 3 is 2.85 bits per heavy atom. The minimum atomic E-state index is -1.18. The average Bonchev–Trinajstić information content (AvgIpc) is 3.30. The fourth-order valence-corrected chi connectivity index (χ4v) is 4.63. The van der Waals surface area contributed by atoms with Gasteiger partial charge in [0.1, 0.15) is 22.8 Å². The van der Waals surface area contributed by atoms with Crippen LogP contribution < -0.4 is 10.6 Å².